The highest BCUT2D eigenvalue weighted by atomic mass is 16.4. The van der Waals surface area contributed by atoms with Crippen LogP contribution < -0.4 is 15.5 Å². The Morgan fingerprint density at radius 2 is 2.00 bits per heavy atom. The Bertz CT molecular complexity index is 824. The van der Waals surface area contributed by atoms with E-state index in [0.29, 0.717) is 37.5 Å². The largest absolute Gasteiger partial charge is 0.475 e. The van der Waals surface area contributed by atoms with Crippen LogP contribution in [0.1, 0.15) is 51.6 Å². The third-order valence-electron chi connectivity index (χ3n) is 5.68. The lowest BCUT2D eigenvalue weighted by molar-refractivity contribution is -0.130. The lowest BCUT2D eigenvalue weighted by atomic mass is 9.75. The molecule has 2 heterocycles. The molecule has 3 rings (SSSR count). The summed E-state index contributed by atoms with van der Waals surface area (Å²) in [6.45, 7) is 4.50. The van der Waals surface area contributed by atoms with E-state index in [1.54, 1.807) is 4.90 Å². The van der Waals surface area contributed by atoms with E-state index < -0.39 is 31.1 Å². The number of nitrogens with zero attached hydrogens (tertiary/aromatic N) is 4. The standard InChI is InChI=1S/C20H29BN6O4/c1-12(2)7-17(21(30)31)26-19(28)15(8-13-3-4-13)25-20(29)16-5-6-27(16)18-11-23-14(9-22)10-24-18/h10-13,15-17,30-31H,3-8H2,1-2H3,(H,25,29)(H,26,28)/t15-,16-,17-/m0/s1. The van der Waals surface area contributed by atoms with Crippen molar-refractivity contribution >= 4 is 24.8 Å². The molecule has 4 N–H and O–H groups in total. The Hall–Kier alpha value is -2.71. The molecule has 1 aromatic rings. The number of amides is 2. The molecule has 0 bridgehead atoms. The minimum atomic E-state index is -1.67. The minimum absolute atomic E-state index is 0.167. The van der Waals surface area contributed by atoms with Gasteiger partial charge in [0.1, 0.15) is 24.0 Å². The maximum atomic E-state index is 12.9. The lowest BCUT2D eigenvalue weighted by Crippen LogP contribution is -2.61. The molecule has 166 valence electrons. The summed E-state index contributed by atoms with van der Waals surface area (Å²) in [5, 5.41) is 33.6. The fraction of sp³-hybridized carbons (Fsp3) is 0.650. The van der Waals surface area contributed by atoms with Crippen molar-refractivity contribution in [2.45, 2.75) is 64.0 Å². The normalized spacial score (nSPS) is 19.7. The van der Waals surface area contributed by atoms with Gasteiger partial charge in [0.25, 0.3) is 0 Å². The van der Waals surface area contributed by atoms with E-state index in [0.717, 1.165) is 12.8 Å². The maximum absolute atomic E-state index is 12.9. The molecular weight excluding hydrogens is 399 g/mol. The Kier molecular flexibility index (Phi) is 7.46. The van der Waals surface area contributed by atoms with Gasteiger partial charge in [0.2, 0.25) is 11.8 Å². The van der Waals surface area contributed by atoms with Gasteiger partial charge < -0.3 is 25.6 Å². The molecule has 31 heavy (non-hydrogen) atoms. The van der Waals surface area contributed by atoms with E-state index in [2.05, 4.69) is 20.6 Å². The third kappa shape index (κ3) is 6.15. The lowest BCUT2D eigenvalue weighted by Gasteiger charge is -2.41. The number of rotatable bonds is 10. The van der Waals surface area contributed by atoms with Crippen LogP contribution >= 0.6 is 0 Å². The average molecular weight is 428 g/mol. The Morgan fingerprint density at radius 1 is 1.26 bits per heavy atom. The van der Waals surface area contributed by atoms with Gasteiger partial charge in [-0.25, -0.2) is 9.97 Å². The van der Waals surface area contributed by atoms with Crippen molar-refractivity contribution in [3.05, 3.63) is 18.1 Å². The van der Waals surface area contributed by atoms with E-state index in [1.165, 1.54) is 12.4 Å². The summed E-state index contributed by atoms with van der Waals surface area (Å²) in [6.07, 6.45) is 6.43. The molecule has 2 aliphatic rings. The SMILES string of the molecule is CC(C)C[C@H](NC(=O)[C@H](CC1CC1)NC(=O)[C@@H]1CCN1c1cnc(C#N)cn1)B(O)O. The average Bonchev–Trinajstić information content (AvgIpc) is 3.50. The van der Waals surface area contributed by atoms with Gasteiger partial charge >= 0.3 is 7.12 Å². The second-order valence-electron chi connectivity index (χ2n) is 8.77. The topological polar surface area (TPSA) is 151 Å². The van der Waals surface area contributed by atoms with Gasteiger partial charge in [0, 0.05) is 6.54 Å². The molecule has 1 aliphatic heterocycles. The number of anilines is 1. The van der Waals surface area contributed by atoms with Gasteiger partial charge in [0.15, 0.2) is 5.69 Å². The first-order valence-electron chi connectivity index (χ1n) is 10.7. The van der Waals surface area contributed by atoms with E-state index in [-0.39, 0.29) is 17.5 Å². The van der Waals surface area contributed by atoms with Crippen LogP contribution in [0.25, 0.3) is 0 Å². The molecule has 11 heteroatoms. The number of nitrogens with one attached hydrogen (secondary N) is 2. The highest BCUT2D eigenvalue weighted by Gasteiger charge is 2.39. The summed E-state index contributed by atoms with van der Waals surface area (Å²) in [7, 11) is -1.67. The first kappa shape index (κ1) is 23.0. The van der Waals surface area contributed by atoms with Gasteiger partial charge in [0.05, 0.1) is 18.3 Å². The van der Waals surface area contributed by atoms with Crippen LogP contribution in [-0.4, -0.2) is 63.5 Å². The third-order valence-corrected chi connectivity index (χ3v) is 5.68. The molecule has 1 saturated heterocycles. The van der Waals surface area contributed by atoms with Crippen molar-refractivity contribution in [2.24, 2.45) is 11.8 Å². The molecule has 2 fully saturated rings. The maximum Gasteiger partial charge on any atom is 0.475 e. The van der Waals surface area contributed by atoms with E-state index >= 15 is 0 Å². The van der Waals surface area contributed by atoms with Crippen LogP contribution in [0, 0.1) is 23.2 Å². The van der Waals surface area contributed by atoms with Crippen molar-refractivity contribution < 1.29 is 19.6 Å². The zero-order chi connectivity index (χ0) is 22.5. The molecule has 1 aromatic heterocycles. The van der Waals surface area contributed by atoms with Gasteiger partial charge in [-0.15, -0.1) is 0 Å². The Morgan fingerprint density at radius 3 is 2.48 bits per heavy atom. The number of hydrogen-bond donors (Lipinski definition) is 4. The minimum Gasteiger partial charge on any atom is -0.426 e. The molecule has 10 nitrogen and oxygen atoms in total. The first-order chi connectivity index (χ1) is 14.8. The van der Waals surface area contributed by atoms with Gasteiger partial charge in [-0.3, -0.25) is 9.59 Å². The van der Waals surface area contributed by atoms with Gasteiger partial charge in [-0.05, 0) is 31.1 Å². The van der Waals surface area contributed by atoms with Crippen molar-refractivity contribution in [1.29, 1.82) is 5.26 Å². The summed E-state index contributed by atoms with van der Waals surface area (Å²) < 4.78 is 0. The second kappa shape index (κ2) is 10.1. The summed E-state index contributed by atoms with van der Waals surface area (Å²) in [6, 6.07) is 0.710. The van der Waals surface area contributed by atoms with Gasteiger partial charge in [-0.2, -0.15) is 5.26 Å². The summed E-state index contributed by atoms with van der Waals surface area (Å²) in [4.78, 5) is 35.8. The molecule has 1 aliphatic carbocycles. The van der Waals surface area contributed by atoms with Gasteiger partial charge in [-0.1, -0.05) is 26.7 Å². The summed E-state index contributed by atoms with van der Waals surface area (Å²) >= 11 is 0. The molecule has 0 unspecified atom stereocenters. The Labute approximate surface area is 182 Å². The monoisotopic (exact) mass is 428 g/mol. The molecule has 0 aromatic carbocycles. The fourth-order valence-corrected chi connectivity index (χ4v) is 3.69. The fourth-order valence-electron chi connectivity index (χ4n) is 3.69. The highest BCUT2D eigenvalue weighted by molar-refractivity contribution is 6.43. The second-order valence-corrected chi connectivity index (χ2v) is 8.77. The highest BCUT2D eigenvalue weighted by Crippen LogP contribution is 2.34. The van der Waals surface area contributed by atoms with Crippen molar-refractivity contribution in [3.8, 4) is 6.07 Å². The smallest absolute Gasteiger partial charge is 0.426 e. The van der Waals surface area contributed by atoms with Crippen molar-refractivity contribution in [3.63, 3.8) is 0 Å². The van der Waals surface area contributed by atoms with E-state index in [9.17, 15) is 19.6 Å². The molecule has 2 amide bonds. The predicted octanol–water partition coefficient (Wildman–Crippen LogP) is -0.245. The quantitative estimate of drug-likeness (QED) is 0.373. The van der Waals surface area contributed by atoms with E-state index in [1.807, 2.05) is 19.9 Å². The van der Waals surface area contributed by atoms with Crippen LogP contribution in [0.5, 0.6) is 0 Å². The molecule has 3 atom stereocenters. The number of carbonyl (C=O) groups excluding carboxylic acids is 2. The van der Waals surface area contributed by atoms with Crippen molar-refractivity contribution in [1.82, 2.24) is 20.6 Å². The number of aromatic nitrogens is 2. The first-order valence-corrected chi connectivity index (χ1v) is 10.7. The number of carbonyl (C=O) groups is 2. The zero-order valence-corrected chi connectivity index (χ0v) is 17.9. The van der Waals surface area contributed by atoms with Crippen LogP contribution in [0.2, 0.25) is 0 Å². The van der Waals surface area contributed by atoms with Crippen LogP contribution in [0.3, 0.4) is 0 Å². The zero-order valence-electron chi connectivity index (χ0n) is 17.9. The molecule has 0 spiro atoms. The summed E-state index contributed by atoms with van der Waals surface area (Å²) in [5.74, 6) is -0.401. The molecular formula is C20H29BN6O4. The predicted molar refractivity (Wildman–Crippen MR) is 113 cm³/mol. The van der Waals surface area contributed by atoms with Crippen LogP contribution in [0.4, 0.5) is 5.82 Å². The van der Waals surface area contributed by atoms with Crippen LogP contribution in [-0.2, 0) is 9.59 Å². The van der Waals surface area contributed by atoms with Crippen molar-refractivity contribution in [2.75, 3.05) is 11.4 Å². The number of hydrogen-bond acceptors (Lipinski definition) is 8. The summed E-state index contributed by atoms with van der Waals surface area (Å²) in [5.41, 5.74) is 0.202. The van der Waals surface area contributed by atoms with Crippen LogP contribution in [0.15, 0.2) is 12.4 Å². The number of nitriles is 1. The van der Waals surface area contributed by atoms with E-state index in [4.69, 9.17) is 5.26 Å². The Balaban J connectivity index is 1.63. The molecule has 0 radical (unpaired) electrons. The molecule has 1 saturated carbocycles.